The molecule has 0 unspecified atom stereocenters. The van der Waals surface area contributed by atoms with Gasteiger partial charge >= 0.3 is 6.03 Å². The summed E-state index contributed by atoms with van der Waals surface area (Å²) < 4.78 is 32.1. The first kappa shape index (κ1) is 27.0. The van der Waals surface area contributed by atoms with Crippen LogP contribution in [0.3, 0.4) is 0 Å². The van der Waals surface area contributed by atoms with E-state index >= 15 is 0 Å². The minimum Gasteiger partial charge on any atom is -0.396 e. The molecule has 3 N–H and O–H groups in total. The summed E-state index contributed by atoms with van der Waals surface area (Å²) in [5.41, 5.74) is 1.79. The predicted molar refractivity (Wildman–Crippen MR) is 148 cm³/mol. The highest BCUT2D eigenvalue weighted by Crippen LogP contribution is 2.55. The Morgan fingerprint density at radius 1 is 1.13 bits per heavy atom. The molecule has 2 aromatic carbocycles. The number of aliphatic hydroxyl groups is 1. The molecule has 10 nitrogen and oxygen atoms in total. The van der Waals surface area contributed by atoms with Gasteiger partial charge in [0, 0.05) is 37.0 Å². The van der Waals surface area contributed by atoms with E-state index in [0.717, 1.165) is 0 Å². The molecular weight excluding hydrogens is 518 g/mol. The molecule has 1 atom stereocenters. The van der Waals surface area contributed by atoms with E-state index in [-0.39, 0.29) is 23.6 Å². The van der Waals surface area contributed by atoms with Gasteiger partial charge in [-0.15, -0.1) is 0 Å². The van der Waals surface area contributed by atoms with Gasteiger partial charge < -0.3 is 25.4 Å². The molecule has 0 spiro atoms. The summed E-state index contributed by atoms with van der Waals surface area (Å²) >= 11 is 0. The maximum absolute atomic E-state index is 13.8. The van der Waals surface area contributed by atoms with Gasteiger partial charge in [0.25, 0.3) is 0 Å². The van der Waals surface area contributed by atoms with Crippen molar-refractivity contribution in [1.82, 2.24) is 15.3 Å². The number of rotatable bonds is 9. The second kappa shape index (κ2) is 11.3. The van der Waals surface area contributed by atoms with E-state index in [1.165, 1.54) is 0 Å². The number of morpholine rings is 1. The Bertz CT molecular complexity index is 1410. The molecule has 1 aliphatic heterocycles. The number of aliphatic hydroxyl groups excluding tert-OH is 1. The molecule has 2 heterocycles. The summed E-state index contributed by atoms with van der Waals surface area (Å²) in [6.07, 6.45) is 1.46. The Balaban J connectivity index is 1.50. The minimum atomic E-state index is -3.67. The van der Waals surface area contributed by atoms with E-state index in [1.807, 2.05) is 6.07 Å². The van der Waals surface area contributed by atoms with Crippen LogP contribution in [0.15, 0.2) is 65.6 Å². The first-order valence-corrected chi connectivity index (χ1v) is 14.6. The summed E-state index contributed by atoms with van der Waals surface area (Å²) in [6.45, 7) is 4.20. The molecule has 39 heavy (non-hydrogen) atoms. The monoisotopic (exact) mass is 551 g/mol. The van der Waals surface area contributed by atoms with Gasteiger partial charge in [0.05, 0.1) is 29.8 Å². The topological polar surface area (TPSA) is 134 Å². The summed E-state index contributed by atoms with van der Waals surface area (Å²) in [7, 11) is -3.67. The van der Waals surface area contributed by atoms with Crippen LogP contribution in [0.25, 0.3) is 11.4 Å². The Hall–Kier alpha value is -3.54. The summed E-state index contributed by atoms with van der Waals surface area (Å²) in [5, 5.41) is 14.3. The summed E-state index contributed by atoms with van der Waals surface area (Å²) in [5.74, 6) is 1.10. The van der Waals surface area contributed by atoms with Crippen molar-refractivity contribution in [3.05, 3.63) is 66.4 Å². The molecule has 1 aromatic heterocycles. The maximum Gasteiger partial charge on any atom is 0.319 e. The lowest BCUT2D eigenvalue weighted by molar-refractivity contribution is 0.0985. The van der Waals surface area contributed by atoms with E-state index in [4.69, 9.17) is 19.8 Å². The van der Waals surface area contributed by atoms with E-state index in [2.05, 4.69) is 22.5 Å². The molecule has 0 radical (unpaired) electrons. The SMILES string of the molecule is C[C@H]1COCCN1c1cc(C2(S(=O)(=O)c3ccccc3)CC2)nc(-c2ccc(NC(=O)NCCCO)cc2)n1. The zero-order valence-corrected chi connectivity index (χ0v) is 22.7. The predicted octanol–water partition coefficient (Wildman–Crippen LogP) is 3.34. The molecule has 0 bridgehead atoms. The average molecular weight is 552 g/mol. The number of amides is 2. The third-order valence-electron chi connectivity index (χ3n) is 7.13. The lowest BCUT2D eigenvalue weighted by atomic mass is 10.1. The van der Waals surface area contributed by atoms with Gasteiger partial charge in [-0.25, -0.2) is 23.2 Å². The fourth-order valence-electron chi connectivity index (χ4n) is 4.77. The summed E-state index contributed by atoms with van der Waals surface area (Å²) in [4.78, 5) is 24.2. The Labute approximate surface area is 228 Å². The second-order valence-corrected chi connectivity index (χ2v) is 12.2. The van der Waals surface area contributed by atoms with Crippen molar-refractivity contribution in [2.24, 2.45) is 0 Å². The number of nitrogens with zero attached hydrogens (tertiary/aromatic N) is 3. The average Bonchev–Trinajstić information content (AvgIpc) is 3.77. The van der Waals surface area contributed by atoms with Crippen LogP contribution in [0, 0.1) is 0 Å². The van der Waals surface area contributed by atoms with Gasteiger partial charge in [-0.3, -0.25) is 0 Å². The van der Waals surface area contributed by atoms with Gasteiger partial charge in [-0.1, -0.05) is 18.2 Å². The van der Waals surface area contributed by atoms with Gasteiger partial charge in [-0.2, -0.15) is 0 Å². The highest BCUT2D eigenvalue weighted by molar-refractivity contribution is 7.92. The van der Waals surface area contributed by atoms with Crippen LogP contribution in [-0.2, 0) is 19.3 Å². The number of urea groups is 1. The first-order chi connectivity index (χ1) is 18.8. The summed E-state index contributed by atoms with van der Waals surface area (Å²) in [6, 6.07) is 17.2. The molecule has 206 valence electrons. The lowest BCUT2D eigenvalue weighted by Crippen LogP contribution is -2.44. The highest BCUT2D eigenvalue weighted by Gasteiger charge is 2.58. The van der Waals surface area contributed by atoms with Crippen LogP contribution in [0.1, 0.15) is 31.9 Å². The smallest absolute Gasteiger partial charge is 0.319 e. The molecule has 2 amide bonds. The number of aromatic nitrogens is 2. The molecule has 2 fully saturated rings. The Morgan fingerprint density at radius 3 is 2.54 bits per heavy atom. The fraction of sp³-hybridized carbons (Fsp3) is 0.393. The van der Waals surface area contributed by atoms with Crippen molar-refractivity contribution in [2.45, 2.75) is 41.9 Å². The lowest BCUT2D eigenvalue weighted by Gasteiger charge is -2.34. The number of carbonyl (C=O) groups is 1. The molecule has 2 aliphatic rings. The quantitative estimate of drug-likeness (QED) is 0.345. The van der Waals surface area contributed by atoms with Crippen molar-refractivity contribution < 1.29 is 23.1 Å². The number of hydrogen-bond acceptors (Lipinski definition) is 8. The van der Waals surface area contributed by atoms with Crippen LogP contribution in [0.5, 0.6) is 0 Å². The van der Waals surface area contributed by atoms with Gasteiger partial charge in [-0.05, 0) is 62.6 Å². The van der Waals surface area contributed by atoms with Crippen LogP contribution < -0.4 is 15.5 Å². The van der Waals surface area contributed by atoms with Gasteiger partial charge in [0.1, 0.15) is 10.6 Å². The van der Waals surface area contributed by atoms with Gasteiger partial charge in [0.2, 0.25) is 0 Å². The molecule has 11 heteroatoms. The molecule has 1 saturated carbocycles. The third-order valence-corrected chi connectivity index (χ3v) is 9.67. The number of hydrogen-bond donors (Lipinski definition) is 3. The van der Waals surface area contributed by atoms with Crippen LogP contribution >= 0.6 is 0 Å². The number of ether oxygens (including phenoxy) is 1. The third kappa shape index (κ3) is 5.61. The van der Waals surface area contributed by atoms with Crippen LogP contribution in [-0.4, -0.2) is 68.5 Å². The van der Waals surface area contributed by atoms with E-state index in [0.29, 0.717) is 74.2 Å². The Morgan fingerprint density at radius 2 is 1.87 bits per heavy atom. The first-order valence-electron chi connectivity index (χ1n) is 13.1. The number of anilines is 2. The molecule has 1 aliphatic carbocycles. The zero-order valence-electron chi connectivity index (χ0n) is 21.8. The minimum absolute atomic E-state index is 0.00714. The number of carbonyl (C=O) groups excluding carboxylic acids is 1. The van der Waals surface area contributed by atoms with Crippen molar-refractivity contribution in [1.29, 1.82) is 0 Å². The second-order valence-electron chi connectivity index (χ2n) is 9.90. The van der Waals surface area contributed by atoms with Crippen molar-refractivity contribution in [2.75, 3.05) is 43.1 Å². The normalized spacial score (nSPS) is 18.4. The number of nitrogens with one attached hydrogen (secondary N) is 2. The molecule has 1 saturated heterocycles. The van der Waals surface area contributed by atoms with Crippen LogP contribution in [0.4, 0.5) is 16.3 Å². The van der Waals surface area contributed by atoms with Crippen molar-refractivity contribution >= 4 is 27.4 Å². The largest absolute Gasteiger partial charge is 0.396 e. The zero-order chi connectivity index (χ0) is 27.5. The Kier molecular flexibility index (Phi) is 7.83. The number of sulfone groups is 1. The highest BCUT2D eigenvalue weighted by atomic mass is 32.2. The standard InChI is InChI=1S/C28H33N5O5S/c1-20-19-38-17-15-33(20)25-18-24(28(12-13-28)39(36,37)23-6-3-2-4-7-23)31-26(32-25)21-8-10-22(11-9-21)30-27(35)29-14-5-16-34/h2-4,6-11,18,20,34H,5,12-17,19H2,1H3,(H2,29,30,35)/t20-/m0/s1. The molecule has 5 rings (SSSR count). The van der Waals surface area contributed by atoms with E-state index < -0.39 is 14.6 Å². The van der Waals surface area contributed by atoms with Crippen LogP contribution in [0.2, 0.25) is 0 Å². The van der Waals surface area contributed by atoms with E-state index in [9.17, 15) is 13.2 Å². The number of benzene rings is 2. The van der Waals surface area contributed by atoms with Crippen molar-refractivity contribution in [3.8, 4) is 11.4 Å². The van der Waals surface area contributed by atoms with Crippen molar-refractivity contribution in [3.63, 3.8) is 0 Å². The molecular formula is C28H33N5O5S. The molecule has 3 aromatic rings. The fourth-order valence-corrected chi connectivity index (χ4v) is 6.76. The van der Waals surface area contributed by atoms with Gasteiger partial charge in [0.15, 0.2) is 15.7 Å². The maximum atomic E-state index is 13.8. The van der Waals surface area contributed by atoms with E-state index in [1.54, 1.807) is 54.6 Å².